The van der Waals surface area contributed by atoms with Crippen molar-refractivity contribution in [3.63, 3.8) is 0 Å². The van der Waals surface area contributed by atoms with Gasteiger partial charge < -0.3 is 10.4 Å². The summed E-state index contributed by atoms with van der Waals surface area (Å²) >= 11 is 0. The van der Waals surface area contributed by atoms with Crippen LogP contribution < -0.4 is 5.32 Å². The van der Waals surface area contributed by atoms with Gasteiger partial charge in [0.1, 0.15) is 0 Å². The van der Waals surface area contributed by atoms with Gasteiger partial charge in [-0.15, -0.1) is 0 Å². The van der Waals surface area contributed by atoms with Gasteiger partial charge in [0.2, 0.25) is 0 Å². The minimum atomic E-state index is 0.203. The maximum absolute atomic E-state index is 9.05. The van der Waals surface area contributed by atoms with E-state index in [4.69, 9.17) is 5.11 Å². The van der Waals surface area contributed by atoms with E-state index >= 15 is 0 Å². The van der Waals surface area contributed by atoms with Gasteiger partial charge in [0, 0.05) is 12.6 Å². The Morgan fingerprint density at radius 1 is 1.38 bits per heavy atom. The molecule has 0 spiro atoms. The smallest absolute Gasteiger partial charge is 0.0584 e. The van der Waals surface area contributed by atoms with E-state index in [1.807, 2.05) is 18.2 Å². The quantitative estimate of drug-likeness (QED) is 0.770. The largest absolute Gasteiger partial charge is 0.395 e. The third kappa shape index (κ3) is 4.60. The van der Waals surface area contributed by atoms with Crippen molar-refractivity contribution in [1.29, 1.82) is 0 Å². The van der Waals surface area contributed by atoms with Crippen molar-refractivity contribution in [2.45, 2.75) is 26.3 Å². The van der Waals surface area contributed by atoms with Crippen molar-refractivity contribution in [1.82, 2.24) is 5.32 Å². The summed E-state index contributed by atoms with van der Waals surface area (Å²) in [5.41, 5.74) is 2.50. The summed E-state index contributed by atoms with van der Waals surface area (Å²) in [6, 6.07) is 10.5. The molecule has 0 fully saturated rings. The van der Waals surface area contributed by atoms with Crippen LogP contribution in [0.3, 0.4) is 0 Å². The van der Waals surface area contributed by atoms with Crippen LogP contribution in [0.5, 0.6) is 0 Å². The Labute approximate surface area is 98.0 Å². The normalized spacial score (nSPS) is 13.8. The van der Waals surface area contributed by atoms with E-state index in [1.165, 1.54) is 11.1 Å². The van der Waals surface area contributed by atoms with Crippen molar-refractivity contribution in [3.05, 3.63) is 41.5 Å². The van der Waals surface area contributed by atoms with Crippen LogP contribution in [-0.2, 0) is 0 Å². The fourth-order valence-electron chi connectivity index (χ4n) is 1.53. The highest BCUT2D eigenvalue weighted by Crippen LogP contribution is 2.05. The molecule has 1 aromatic carbocycles. The molecule has 0 aliphatic rings. The lowest BCUT2D eigenvalue weighted by Gasteiger charge is -2.13. The van der Waals surface area contributed by atoms with Gasteiger partial charge in [0.15, 0.2) is 0 Å². The first-order valence-electron chi connectivity index (χ1n) is 5.82. The molecule has 0 bridgehead atoms. The van der Waals surface area contributed by atoms with E-state index in [0.29, 0.717) is 0 Å². The van der Waals surface area contributed by atoms with E-state index in [9.17, 15) is 0 Å². The van der Waals surface area contributed by atoms with Crippen LogP contribution in [0.2, 0.25) is 0 Å². The number of benzene rings is 1. The SMILES string of the molecule is CC[C@H](CO)NC/C(C)=C/c1ccccc1. The lowest BCUT2D eigenvalue weighted by molar-refractivity contribution is 0.242. The Balaban J connectivity index is 2.46. The predicted molar refractivity (Wildman–Crippen MR) is 69.3 cm³/mol. The Morgan fingerprint density at radius 3 is 2.62 bits per heavy atom. The molecule has 1 atom stereocenters. The van der Waals surface area contributed by atoms with Gasteiger partial charge in [0.25, 0.3) is 0 Å². The second kappa shape index (κ2) is 7.20. The summed E-state index contributed by atoms with van der Waals surface area (Å²) in [5, 5.41) is 12.4. The van der Waals surface area contributed by atoms with E-state index in [-0.39, 0.29) is 12.6 Å². The second-order valence-corrected chi connectivity index (χ2v) is 4.07. The van der Waals surface area contributed by atoms with Gasteiger partial charge >= 0.3 is 0 Å². The molecule has 2 heteroatoms. The van der Waals surface area contributed by atoms with Crippen LogP contribution >= 0.6 is 0 Å². The summed E-state index contributed by atoms with van der Waals surface area (Å²) < 4.78 is 0. The van der Waals surface area contributed by atoms with Crippen molar-refractivity contribution in [3.8, 4) is 0 Å². The monoisotopic (exact) mass is 219 g/mol. The van der Waals surface area contributed by atoms with Crippen LogP contribution in [0.1, 0.15) is 25.8 Å². The van der Waals surface area contributed by atoms with Gasteiger partial charge in [-0.2, -0.15) is 0 Å². The number of rotatable bonds is 6. The number of hydrogen-bond acceptors (Lipinski definition) is 2. The third-order valence-corrected chi connectivity index (χ3v) is 2.60. The Hall–Kier alpha value is -1.12. The average molecular weight is 219 g/mol. The highest BCUT2D eigenvalue weighted by molar-refractivity contribution is 5.52. The average Bonchev–Trinajstić information content (AvgIpc) is 2.31. The number of aliphatic hydroxyl groups excluding tert-OH is 1. The molecule has 0 aromatic heterocycles. The molecule has 16 heavy (non-hydrogen) atoms. The summed E-state index contributed by atoms with van der Waals surface area (Å²) in [4.78, 5) is 0. The minimum Gasteiger partial charge on any atom is -0.395 e. The molecule has 2 N–H and O–H groups in total. The molecule has 0 aliphatic heterocycles. The third-order valence-electron chi connectivity index (χ3n) is 2.60. The fourth-order valence-corrected chi connectivity index (χ4v) is 1.53. The molecule has 1 aromatic rings. The van der Waals surface area contributed by atoms with E-state index in [0.717, 1.165) is 13.0 Å². The van der Waals surface area contributed by atoms with Crippen molar-refractivity contribution >= 4 is 6.08 Å². The molecule has 0 saturated heterocycles. The number of aliphatic hydroxyl groups is 1. The van der Waals surface area contributed by atoms with Gasteiger partial charge in [-0.05, 0) is 18.9 Å². The Morgan fingerprint density at radius 2 is 2.06 bits per heavy atom. The number of nitrogens with one attached hydrogen (secondary N) is 1. The molecule has 0 heterocycles. The molecule has 0 aliphatic carbocycles. The lowest BCUT2D eigenvalue weighted by Crippen LogP contribution is -2.32. The first kappa shape index (κ1) is 12.9. The van der Waals surface area contributed by atoms with Gasteiger partial charge in [-0.1, -0.05) is 48.9 Å². The molecular formula is C14H21NO. The van der Waals surface area contributed by atoms with Crippen LogP contribution in [0.15, 0.2) is 35.9 Å². The highest BCUT2D eigenvalue weighted by Gasteiger charge is 2.02. The van der Waals surface area contributed by atoms with Gasteiger partial charge in [-0.25, -0.2) is 0 Å². The molecule has 88 valence electrons. The molecule has 0 unspecified atom stereocenters. The van der Waals surface area contributed by atoms with Crippen LogP contribution in [-0.4, -0.2) is 24.3 Å². The summed E-state index contributed by atoms with van der Waals surface area (Å²) in [7, 11) is 0. The van der Waals surface area contributed by atoms with Gasteiger partial charge in [-0.3, -0.25) is 0 Å². The Bertz CT molecular complexity index is 315. The van der Waals surface area contributed by atoms with Crippen molar-refractivity contribution < 1.29 is 5.11 Å². The molecule has 0 saturated carbocycles. The first-order valence-corrected chi connectivity index (χ1v) is 5.82. The van der Waals surface area contributed by atoms with Gasteiger partial charge in [0.05, 0.1) is 6.61 Å². The zero-order valence-electron chi connectivity index (χ0n) is 10.1. The summed E-state index contributed by atoms with van der Waals surface area (Å²) in [6.07, 6.45) is 3.12. The van der Waals surface area contributed by atoms with E-state index in [1.54, 1.807) is 0 Å². The van der Waals surface area contributed by atoms with Crippen molar-refractivity contribution in [2.75, 3.05) is 13.2 Å². The maximum atomic E-state index is 9.05. The zero-order valence-corrected chi connectivity index (χ0v) is 10.1. The maximum Gasteiger partial charge on any atom is 0.0584 e. The van der Waals surface area contributed by atoms with E-state index < -0.39 is 0 Å². The van der Waals surface area contributed by atoms with Crippen LogP contribution in [0.4, 0.5) is 0 Å². The molecule has 1 rings (SSSR count). The van der Waals surface area contributed by atoms with Crippen LogP contribution in [0, 0.1) is 0 Å². The lowest BCUT2D eigenvalue weighted by atomic mass is 10.1. The zero-order chi connectivity index (χ0) is 11.8. The van der Waals surface area contributed by atoms with E-state index in [2.05, 4.69) is 37.4 Å². The minimum absolute atomic E-state index is 0.203. The second-order valence-electron chi connectivity index (χ2n) is 4.07. The fraction of sp³-hybridized carbons (Fsp3) is 0.429. The predicted octanol–water partition coefficient (Wildman–Crippen LogP) is 2.45. The van der Waals surface area contributed by atoms with Crippen molar-refractivity contribution in [2.24, 2.45) is 0 Å². The molecule has 0 amide bonds. The summed E-state index contributed by atoms with van der Waals surface area (Å²) in [6.45, 7) is 5.21. The summed E-state index contributed by atoms with van der Waals surface area (Å²) in [5.74, 6) is 0. The molecule has 2 nitrogen and oxygen atoms in total. The van der Waals surface area contributed by atoms with Crippen LogP contribution in [0.25, 0.3) is 6.08 Å². The highest BCUT2D eigenvalue weighted by atomic mass is 16.3. The topological polar surface area (TPSA) is 32.3 Å². The number of hydrogen-bond donors (Lipinski definition) is 2. The molecular weight excluding hydrogens is 198 g/mol. The first-order chi connectivity index (χ1) is 7.76. The Kier molecular flexibility index (Phi) is 5.83. The molecule has 0 radical (unpaired) electrons. The standard InChI is InChI=1S/C14H21NO/c1-3-14(11-16)15-10-12(2)9-13-7-5-4-6-8-13/h4-9,14-16H,3,10-11H2,1-2H3/b12-9+/t14-/m1/s1.